The smallest absolute Gasteiger partial charge is 0.0583 e. The van der Waals surface area contributed by atoms with Crippen LogP contribution in [0.3, 0.4) is 0 Å². The van der Waals surface area contributed by atoms with Crippen molar-refractivity contribution in [3.05, 3.63) is 0 Å². The molecule has 0 bridgehead atoms. The van der Waals surface area contributed by atoms with Crippen LogP contribution in [-0.2, 0) is 0 Å². The summed E-state index contributed by atoms with van der Waals surface area (Å²) in [6.45, 7) is 2.30. The molecule has 2 saturated carbocycles. The number of likely N-dealkylation sites (tertiary alicyclic amines) is 1. The molecule has 0 radical (unpaired) electrons. The highest BCUT2D eigenvalue weighted by molar-refractivity contribution is 4.98. The van der Waals surface area contributed by atoms with Crippen LogP contribution in [-0.4, -0.2) is 41.3 Å². The van der Waals surface area contributed by atoms with Crippen molar-refractivity contribution in [2.45, 2.75) is 56.7 Å². The average molecular weight is 224 g/mol. The summed E-state index contributed by atoms with van der Waals surface area (Å²) < 4.78 is 0. The predicted molar refractivity (Wildman–Crippen MR) is 64.0 cm³/mol. The molecule has 92 valence electrons. The normalized spacial score (nSPS) is 49.5. The Hall–Kier alpha value is -0.120. The first-order chi connectivity index (χ1) is 7.75. The third-order valence-corrected chi connectivity index (χ3v) is 5.10. The zero-order valence-corrected chi connectivity index (χ0v) is 10.0. The van der Waals surface area contributed by atoms with E-state index in [4.69, 9.17) is 5.73 Å². The molecule has 0 aromatic carbocycles. The van der Waals surface area contributed by atoms with Gasteiger partial charge in [0.05, 0.1) is 6.10 Å². The van der Waals surface area contributed by atoms with E-state index < -0.39 is 0 Å². The van der Waals surface area contributed by atoms with Crippen molar-refractivity contribution in [2.24, 2.45) is 17.6 Å². The summed E-state index contributed by atoms with van der Waals surface area (Å²) in [5.41, 5.74) is 6.24. The first-order valence-corrected chi connectivity index (χ1v) is 6.93. The summed E-state index contributed by atoms with van der Waals surface area (Å²) >= 11 is 0. The van der Waals surface area contributed by atoms with Crippen LogP contribution in [0.1, 0.15) is 38.5 Å². The van der Waals surface area contributed by atoms with E-state index in [-0.39, 0.29) is 6.10 Å². The fraction of sp³-hybridized carbons (Fsp3) is 1.00. The van der Waals surface area contributed by atoms with Crippen LogP contribution in [0.5, 0.6) is 0 Å². The van der Waals surface area contributed by atoms with Crippen LogP contribution < -0.4 is 5.73 Å². The molecule has 0 spiro atoms. The topological polar surface area (TPSA) is 49.5 Å². The summed E-state index contributed by atoms with van der Waals surface area (Å²) in [6.07, 6.45) is 7.34. The van der Waals surface area contributed by atoms with Crippen molar-refractivity contribution in [3.8, 4) is 0 Å². The fourth-order valence-corrected chi connectivity index (χ4v) is 4.14. The van der Waals surface area contributed by atoms with Gasteiger partial charge in [-0.3, -0.25) is 4.90 Å². The largest absolute Gasteiger partial charge is 0.393 e. The number of fused-ring (bicyclic) bond motifs is 1. The molecule has 0 amide bonds. The lowest BCUT2D eigenvalue weighted by Crippen LogP contribution is -2.49. The second-order valence-corrected chi connectivity index (χ2v) is 6.04. The van der Waals surface area contributed by atoms with Gasteiger partial charge in [-0.1, -0.05) is 12.8 Å². The summed E-state index contributed by atoms with van der Waals surface area (Å²) in [5.74, 6) is 1.30. The van der Waals surface area contributed by atoms with E-state index >= 15 is 0 Å². The molecule has 5 atom stereocenters. The summed E-state index contributed by atoms with van der Waals surface area (Å²) in [6, 6.07) is 0.983. The Kier molecular flexibility index (Phi) is 2.94. The van der Waals surface area contributed by atoms with Crippen molar-refractivity contribution in [1.82, 2.24) is 4.90 Å². The van der Waals surface area contributed by atoms with Crippen LogP contribution >= 0.6 is 0 Å². The SMILES string of the molecule is NC1CCCCC1N1CC2CCC(O)C2C1. The van der Waals surface area contributed by atoms with E-state index in [1.807, 2.05) is 0 Å². The molecule has 0 aromatic rings. The van der Waals surface area contributed by atoms with Crippen LogP contribution in [0.2, 0.25) is 0 Å². The molecule has 3 nitrogen and oxygen atoms in total. The number of aliphatic hydroxyl groups excluding tert-OH is 1. The minimum atomic E-state index is -0.0326. The maximum atomic E-state index is 9.92. The summed E-state index contributed by atoms with van der Waals surface area (Å²) in [7, 11) is 0. The minimum Gasteiger partial charge on any atom is -0.393 e. The lowest BCUT2D eigenvalue weighted by atomic mass is 9.90. The second kappa shape index (κ2) is 4.28. The van der Waals surface area contributed by atoms with Crippen LogP contribution in [0.4, 0.5) is 0 Å². The van der Waals surface area contributed by atoms with Gasteiger partial charge in [0.1, 0.15) is 0 Å². The maximum absolute atomic E-state index is 9.92. The van der Waals surface area contributed by atoms with Gasteiger partial charge in [0, 0.05) is 31.1 Å². The Labute approximate surface area is 98.0 Å². The highest BCUT2D eigenvalue weighted by atomic mass is 16.3. The zero-order valence-electron chi connectivity index (χ0n) is 10.0. The van der Waals surface area contributed by atoms with E-state index in [1.165, 1.54) is 38.6 Å². The predicted octanol–water partition coefficient (Wildman–Crippen LogP) is 0.959. The highest BCUT2D eigenvalue weighted by Gasteiger charge is 2.44. The van der Waals surface area contributed by atoms with Gasteiger partial charge in [-0.2, -0.15) is 0 Å². The lowest BCUT2D eigenvalue weighted by Gasteiger charge is -2.36. The van der Waals surface area contributed by atoms with Crippen LogP contribution in [0.15, 0.2) is 0 Å². The van der Waals surface area contributed by atoms with E-state index in [9.17, 15) is 5.11 Å². The first kappa shape index (κ1) is 11.0. The second-order valence-electron chi connectivity index (χ2n) is 6.04. The molecule has 2 aliphatic carbocycles. The molecule has 5 unspecified atom stereocenters. The van der Waals surface area contributed by atoms with Crippen molar-refractivity contribution >= 4 is 0 Å². The van der Waals surface area contributed by atoms with Gasteiger partial charge in [0.15, 0.2) is 0 Å². The van der Waals surface area contributed by atoms with E-state index in [0.717, 1.165) is 18.9 Å². The lowest BCUT2D eigenvalue weighted by molar-refractivity contribution is 0.107. The van der Waals surface area contributed by atoms with Gasteiger partial charge in [0.25, 0.3) is 0 Å². The minimum absolute atomic E-state index is 0.0326. The van der Waals surface area contributed by atoms with Crippen molar-refractivity contribution in [3.63, 3.8) is 0 Å². The molecule has 0 aromatic heterocycles. The molecule has 1 aliphatic heterocycles. The standard InChI is InChI=1S/C13H24N2O/c14-11-3-1-2-4-12(11)15-7-9-5-6-13(16)10(9)8-15/h9-13,16H,1-8,14H2. The Morgan fingerprint density at radius 2 is 1.81 bits per heavy atom. The Bertz CT molecular complexity index is 258. The molecule has 3 fully saturated rings. The van der Waals surface area contributed by atoms with Gasteiger partial charge in [0.2, 0.25) is 0 Å². The zero-order chi connectivity index (χ0) is 11.1. The Morgan fingerprint density at radius 1 is 1.00 bits per heavy atom. The molecule has 3 heteroatoms. The van der Waals surface area contributed by atoms with Gasteiger partial charge in [-0.05, 0) is 31.6 Å². The van der Waals surface area contributed by atoms with E-state index in [2.05, 4.69) is 4.90 Å². The quantitative estimate of drug-likeness (QED) is 0.697. The molecule has 3 rings (SSSR count). The number of nitrogens with two attached hydrogens (primary N) is 1. The molecule has 16 heavy (non-hydrogen) atoms. The molecular formula is C13H24N2O. The van der Waals surface area contributed by atoms with Gasteiger partial charge in [-0.15, -0.1) is 0 Å². The number of aliphatic hydroxyl groups is 1. The highest BCUT2D eigenvalue weighted by Crippen LogP contribution is 2.40. The monoisotopic (exact) mass is 224 g/mol. The molecule has 3 aliphatic rings. The van der Waals surface area contributed by atoms with Gasteiger partial charge in [-0.25, -0.2) is 0 Å². The summed E-state index contributed by atoms with van der Waals surface area (Å²) in [5, 5.41) is 9.92. The Morgan fingerprint density at radius 3 is 2.56 bits per heavy atom. The molecule has 1 saturated heterocycles. The third kappa shape index (κ3) is 1.79. The maximum Gasteiger partial charge on any atom is 0.0583 e. The van der Waals surface area contributed by atoms with Crippen LogP contribution in [0.25, 0.3) is 0 Å². The summed E-state index contributed by atoms with van der Waals surface area (Å²) in [4.78, 5) is 2.58. The van der Waals surface area contributed by atoms with E-state index in [0.29, 0.717) is 18.0 Å². The number of nitrogens with zero attached hydrogens (tertiary/aromatic N) is 1. The fourth-order valence-electron chi connectivity index (χ4n) is 4.14. The Balaban J connectivity index is 1.64. The van der Waals surface area contributed by atoms with Gasteiger partial charge >= 0.3 is 0 Å². The van der Waals surface area contributed by atoms with E-state index in [1.54, 1.807) is 0 Å². The molecular weight excluding hydrogens is 200 g/mol. The molecule has 1 heterocycles. The van der Waals surface area contributed by atoms with Crippen molar-refractivity contribution in [2.75, 3.05) is 13.1 Å². The average Bonchev–Trinajstić information content (AvgIpc) is 2.82. The van der Waals surface area contributed by atoms with Crippen molar-refractivity contribution < 1.29 is 5.11 Å². The third-order valence-electron chi connectivity index (χ3n) is 5.10. The van der Waals surface area contributed by atoms with Crippen molar-refractivity contribution in [1.29, 1.82) is 0 Å². The number of hydrogen-bond donors (Lipinski definition) is 2. The molecule has 3 N–H and O–H groups in total. The number of hydrogen-bond acceptors (Lipinski definition) is 3. The first-order valence-electron chi connectivity index (χ1n) is 6.93. The van der Waals surface area contributed by atoms with Crippen LogP contribution in [0, 0.1) is 11.8 Å². The van der Waals surface area contributed by atoms with Gasteiger partial charge < -0.3 is 10.8 Å². The number of rotatable bonds is 1.